The van der Waals surface area contributed by atoms with E-state index in [0.29, 0.717) is 6.04 Å². The Hall–Kier alpha value is -1.84. The van der Waals surface area contributed by atoms with Crippen LogP contribution in [0.15, 0.2) is 24.7 Å². The number of hydrogen-bond acceptors (Lipinski definition) is 3. The lowest BCUT2D eigenvalue weighted by molar-refractivity contribution is 0.459. The molecule has 4 heteroatoms. The fourth-order valence-electron chi connectivity index (χ4n) is 3.06. The fourth-order valence-corrected chi connectivity index (χ4v) is 3.06. The van der Waals surface area contributed by atoms with Crippen molar-refractivity contribution in [2.75, 3.05) is 5.32 Å². The third-order valence-electron chi connectivity index (χ3n) is 4.32. The maximum absolute atomic E-state index is 4.66. The highest BCUT2D eigenvalue weighted by Gasteiger charge is 2.16. The molecule has 0 saturated heterocycles. The first-order valence-electron chi connectivity index (χ1n) is 7.92. The van der Waals surface area contributed by atoms with Crippen molar-refractivity contribution in [2.45, 2.75) is 58.5 Å². The van der Waals surface area contributed by atoms with Crippen molar-refractivity contribution in [3.8, 4) is 0 Å². The van der Waals surface area contributed by atoms with Crippen LogP contribution in [0, 0.1) is 13.8 Å². The molecule has 1 aliphatic rings. The quantitative estimate of drug-likeness (QED) is 0.931. The molecule has 4 nitrogen and oxygen atoms in total. The molecule has 0 atom stereocenters. The van der Waals surface area contributed by atoms with Crippen molar-refractivity contribution < 1.29 is 0 Å². The average molecular weight is 284 g/mol. The second-order valence-corrected chi connectivity index (χ2v) is 6.12. The van der Waals surface area contributed by atoms with E-state index in [1.807, 2.05) is 12.4 Å². The summed E-state index contributed by atoms with van der Waals surface area (Å²) in [6.07, 6.45) is 12.5. The molecule has 0 unspecified atom stereocenters. The van der Waals surface area contributed by atoms with Gasteiger partial charge in [0.15, 0.2) is 0 Å². The van der Waals surface area contributed by atoms with Gasteiger partial charge in [0.25, 0.3) is 0 Å². The smallest absolute Gasteiger partial charge is 0.203 e. The van der Waals surface area contributed by atoms with E-state index in [1.165, 1.54) is 43.2 Å². The second-order valence-electron chi connectivity index (χ2n) is 6.12. The highest BCUT2D eigenvalue weighted by atomic mass is 15.2. The van der Waals surface area contributed by atoms with Crippen LogP contribution < -0.4 is 5.32 Å². The highest BCUT2D eigenvalue weighted by molar-refractivity contribution is 5.33. The number of anilines is 1. The molecule has 1 fully saturated rings. The molecule has 0 aliphatic heterocycles. The normalized spacial score (nSPS) is 16.1. The van der Waals surface area contributed by atoms with Crippen LogP contribution in [0.4, 0.5) is 5.95 Å². The molecular formula is C17H24N4. The van der Waals surface area contributed by atoms with E-state index >= 15 is 0 Å². The summed E-state index contributed by atoms with van der Waals surface area (Å²) in [7, 11) is 0. The molecule has 21 heavy (non-hydrogen) atoms. The maximum atomic E-state index is 4.66. The molecule has 2 heterocycles. The molecule has 1 N–H and O–H groups in total. The zero-order valence-electron chi connectivity index (χ0n) is 13.0. The number of rotatable bonds is 4. The molecule has 1 saturated carbocycles. The van der Waals surface area contributed by atoms with Crippen molar-refractivity contribution in [2.24, 2.45) is 0 Å². The number of imidazole rings is 1. The van der Waals surface area contributed by atoms with Crippen LogP contribution >= 0.6 is 0 Å². The van der Waals surface area contributed by atoms with Crippen LogP contribution in [-0.2, 0) is 6.54 Å². The standard InChI is InChI=1S/C17H24N4/c1-13-8-9-18-10-15(13)12-21-11-14(2)19-17(21)20-16-6-4-3-5-7-16/h8-11,16H,3-7,12H2,1-2H3,(H,19,20). The van der Waals surface area contributed by atoms with Gasteiger partial charge < -0.3 is 9.88 Å². The van der Waals surface area contributed by atoms with Crippen LogP contribution in [0.3, 0.4) is 0 Å². The molecule has 0 radical (unpaired) electrons. The molecule has 0 amide bonds. The Morgan fingerprint density at radius 3 is 2.81 bits per heavy atom. The zero-order chi connectivity index (χ0) is 14.7. The van der Waals surface area contributed by atoms with Gasteiger partial charge in [0.2, 0.25) is 5.95 Å². The summed E-state index contributed by atoms with van der Waals surface area (Å²) in [6.45, 7) is 5.02. The minimum atomic E-state index is 0.578. The SMILES string of the molecule is Cc1cn(Cc2cnccc2C)c(NC2CCCCC2)n1. The lowest BCUT2D eigenvalue weighted by Crippen LogP contribution is -2.24. The number of aryl methyl sites for hydroxylation is 2. The Morgan fingerprint density at radius 2 is 2.05 bits per heavy atom. The minimum absolute atomic E-state index is 0.578. The summed E-state index contributed by atoms with van der Waals surface area (Å²) in [5.74, 6) is 1.00. The summed E-state index contributed by atoms with van der Waals surface area (Å²) in [5.41, 5.74) is 3.59. The fraction of sp³-hybridized carbons (Fsp3) is 0.529. The summed E-state index contributed by atoms with van der Waals surface area (Å²) in [4.78, 5) is 8.90. The van der Waals surface area contributed by atoms with Crippen molar-refractivity contribution in [3.63, 3.8) is 0 Å². The molecule has 112 valence electrons. The zero-order valence-corrected chi connectivity index (χ0v) is 13.0. The third kappa shape index (κ3) is 3.43. The van der Waals surface area contributed by atoms with Gasteiger partial charge in [-0.3, -0.25) is 4.98 Å². The molecular weight excluding hydrogens is 260 g/mol. The van der Waals surface area contributed by atoms with Gasteiger partial charge in [-0.15, -0.1) is 0 Å². The van der Waals surface area contributed by atoms with Crippen molar-refractivity contribution in [1.29, 1.82) is 0 Å². The Bertz CT molecular complexity index is 597. The number of nitrogens with zero attached hydrogens (tertiary/aromatic N) is 3. The van der Waals surface area contributed by atoms with Crippen LogP contribution in [0.25, 0.3) is 0 Å². The van der Waals surface area contributed by atoms with Gasteiger partial charge in [0.1, 0.15) is 0 Å². The van der Waals surface area contributed by atoms with E-state index in [1.54, 1.807) is 0 Å². The number of nitrogens with one attached hydrogen (secondary N) is 1. The summed E-state index contributed by atoms with van der Waals surface area (Å²) >= 11 is 0. The molecule has 1 aliphatic carbocycles. The first-order chi connectivity index (χ1) is 10.2. The van der Waals surface area contributed by atoms with E-state index < -0.39 is 0 Å². The largest absolute Gasteiger partial charge is 0.353 e. The molecule has 0 bridgehead atoms. The Labute approximate surface area is 126 Å². The van der Waals surface area contributed by atoms with E-state index in [0.717, 1.165) is 18.2 Å². The molecule has 2 aromatic rings. The average Bonchev–Trinajstić information content (AvgIpc) is 2.82. The first-order valence-corrected chi connectivity index (χ1v) is 7.92. The highest BCUT2D eigenvalue weighted by Crippen LogP contribution is 2.22. The molecule has 0 aromatic carbocycles. The topological polar surface area (TPSA) is 42.7 Å². The summed E-state index contributed by atoms with van der Waals surface area (Å²) in [5, 5.41) is 3.64. The number of pyridine rings is 1. The predicted octanol–water partition coefficient (Wildman–Crippen LogP) is 3.69. The van der Waals surface area contributed by atoms with Gasteiger partial charge in [0, 0.05) is 24.6 Å². The van der Waals surface area contributed by atoms with Crippen LogP contribution in [0.5, 0.6) is 0 Å². The molecule has 0 spiro atoms. The third-order valence-corrected chi connectivity index (χ3v) is 4.32. The first kappa shape index (κ1) is 14.1. The second kappa shape index (κ2) is 6.29. The Kier molecular flexibility index (Phi) is 4.23. The maximum Gasteiger partial charge on any atom is 0.203 e. The minimum Gasteiger partial charge on any atom is -0.353 e. The van der Waals surface area contributed by atoms with Gasteiger partial charge in [-0.05, 0) is 43.9 Å². The molecule has 3 rings (SSSR count). The lowest BCUT2D eigenvalue weighted by atomic mass is 9.96. The van der Waals surface area contributed by atoms with Crippen molar-refractivity contribution in [3.05, 3.63) is 41.5 Å². The van der Waals surface area contributed by atoms with Gasteiger partial charge >= 0.3 is 0 Å². The van der Waals surface area contributed by atoms with Crippen molar-refractivity contribution >= 4 is 5.95 Å². The van der Waals surface area contributed by atoms with Crippen LogP contribution in [0.1, 0.15) is 48.9 Å². The van der Waals surface area contributed by atoms with Gasteiger partial charge in [-0.25, -0.2) is 4.98 Å². The molecule has 2 aromatic heterocycles. The van der Waals surface area contributed by atoms with Crippen LogP contribution in [0.2, 0.25) is 0 Å². The Balaban J connectivity index is 1.77. The van der Waals surface area contributed by atoms with Gasteiger partial charge in [0.05, 0.1) is 12.2 Å². The number of aromatic nitrogens is 3. The van der Waals surface area contributed by atoms with E-state index in [9.17, 15) is 0 Å². The summed E-state index contributed by atoms with van der Waals surface area (Å²) < 4.78 is 2.22. The van der Waals surface area contributed by atoms with Crippen molar-refractivity contribution in [1.82, 2.24) is 14.5 Å². The monoisotopic (exact) mass is 284 g/mol. The number of hydrogen-bond donors (Lipinski definition) is 1. The van der Waals surface area contributed by atoms with Crippen LogP contribution in [-0.4, -0.2) is 20.6 Å². The lowest BCUT2D eigenvalue weighted by Gasteiger charge is -2.23. The van der Waals surface area contributed by atoms with Gasteiger partial charge in [-0.1, -0.05) is 19.3 Å². The van der Waals surface area contributed by atoms with E-state index in [-0.39, 0.29) is 0 Å². The van der Waals surface area contributed by atoms with Gasteiger partial charge in [-0.2, -0.15) is 0 Å². The van der Waals surface area contributed by atoms with E-state index in [2.05, 4.69) is 46.0 Å². The summed E-state index contributed by atoms with van der Waals surface area (Å²) in [6, 6.07) is 2.64. The Morgan fingerprint density at radius 1 is 1.24 bits per heavy atom. The van der Waals surface area contributed by atoms with E-state index in [4.69, 9.17) is 0 Å². The predicted molar refractivity (Wildman–Crippen MR) is 85.5 cm³/mol.